The smallest absolute Gasteiger partial charge is 0.0363 e. The molecule has 40 heavy (non-hydrogen) atoms. The first kappa shape index (κ1) is 32.0. The van der Waals surface area contributed by atoms with Crippen molar-refractivity contribution in [3.05, 3.63) is 125 Å². The normalized spacial score (nSPS) is 24.7. The molecule has 1 heteroatoms. The van der Waals surface area contributed by atoms with Crippen molar-refractivity contribution in [1.82, 2.24) is 0 Å². The van der Waals surface area contributed by atoms with Gasteiger partial charge in [-0.05, 0) is 117 Å². The molecule has 0 N–H and O–H groups in total. The number of hydrogen-bond acceptors (Lipinski definition) is 0. The largest absolute Gasteiger partial charge is 0.117 e. The van der Waals surface area contributed by atoms with Crippen LogP contribution in [0.5, 0.6) is 0 Å². The van der Waals surface area contributed by atoms with Gasteiger partial charge in [-0.3, -0.25) is 0 Å². The van der Waals surface area contributed by atoms with Crippen LogP contribution in [0, 0.1) is 23.7 Å². The fourth-order valence-electron chi connectivity index (χ4n) is 6.06. The Bertz CT molecular complexity index is 1110. The summed E-state index contributed by atoms with van der Waals surface area (Å²) in [4.78, 5) is 0. The molecule has 0 bridgehead atoms. The molecule has 4 unspecified atom stereocenters. The van der Waals surface area contributed by atoms with Gasteiger partial charge in [-0.2, -0.15) is 0 Å². The summed E-state index contributed by atoms with van der Waals surface area (Å²) in [5, 5.41) is 0.884. The van der Waals surface area contributed by atoms with E-state index in [0.717, 1.165) is 42.6 Å². The van der Waals surface area contributed by atoms with Crippen LogP contribution in [0.25, 0.3) is 0 Å². The molecule has 0 spiro atoms. The van der Waals surface area contributed by atoms with Gasteiger partial charge in [0.1, 0.15) is 0 Å². The second-order valence-corrected chi connectivity index (χ2v) is 12.4. The highest BCUT2D eigenvalue weighted by Crippen LogP contribution is 2.33. The van der Waals surface area contributed by atoms with Gasteiger partial charge in [0.15, 0.2) is 0 Å². The molecule has 3 aliphatic carbocycles. The molecule has 3 aliphatic rings. The van der Waals surface area contributed by atoms with Crippen LogP contribution in [0.3, 0.4) is 0 Å². The molecule has 1 fully saturated rings. The average molecular weight is 555 g/mol. The Morgan fingerprint density at radius 1 is 1.10 bits per heavy atom. The van der Waals surface area contributed by atoms with Crippen LogP contribution < -0.4 is 0 Å². The van der Waals surface area contributed by atoms with E-state index in [1.165, 1.54) is 68.1 Å². The van der Waals surface area contributed by atoms with Crippen molar-refractivity contribution in [2.75, 3.05) is 0 Å². The van der Waals surface area contributed by atoms with E-state index in [1.54, 1.807) is 0 Å². The Morgan fingerprint density at radius 2 is 1.95 bits per heavy atom. The van der Waals surface area contributed by atoms with Crippen LogP contribution in [0.1, 0.15) is 90.9 Å². The molecule has 0 heterocycles. The fraction of sp³-hybridized carbons (Fsp3) is 0.462. The van der Waals surface area contributed by atoms with Crippen molar-refractivity contribution in [3.8, 4) is 0 Å². The highest BCUT2D eigenvalue weighted by Gasteiger charge is 2.19. The summed E-state index contributed by atoms with van der Waals surface area (Å²) in [6, 6.07) is 0. The molecule has 0 nitrogen and oxygen atoms in total. The van der Waals surface area contributed by atoms with Gasteiger partial charge >= 0.3 is 0 Å². The third-order valence-electron chi connectivity index (χ3n) is 8.36. The topological polar surface area (TPSA) is 0 Å². The maximum atomic E-state index is 6.06. The van der Waals surface area contributed by atoms with Gasteiger partial charge in [0.05, 0.1) is 0 Å². The maximum Gasteiger partial charge on any atom is 0.0363 e. The third kappa shape index (κ3) is 12.8. The predicted octanol–water partition coefficient (Wildman–Crippen LogP) is 12.2. The summed E-state index contributed by atoms with van der Waals surface area (Å²) in [7, 11) is 0. The van der Waals surface area contributed by atoms with E-state index in [-0.39, 0.29) is 0 Å². The van der Waals surface area contributed by atoms with Crippen LogP contribution in [0.15, 0.2) is 125 Å². The zero-order chi connectivity index (χ0) is 28.4. The van der Waals surface area contributed by atoms with Crippen LogP contribution in [0.2, 0.25) is 0 Å². The van der Waals surface area contributed by atoms with Crippen molar-refractivity contribution in [2.45, 2.75) is 90.9 Å². The van der Waals surface area contributed by atoms with Gasteiger partial charge in [0.25, 0.3) is 0 Å². The summed E-state index contributed by atoms with van der Waals surface area (Å²) in [5.74, 6) is 2.96. The minimum atomic E-state index is 0.635. The zero-order valence-electron chi connectivity index (χ0n) is 25.0. The second-order valence-electron chi connectivity index (χ2n) is 11.9. The SMILES string of the molecule is C=CCC1=C=CC=C(CC2CCCC(CC=CC=C(C=CC)CC=CCC(C)CC3C=CC(Cl)=CC3)CC2)C=C1. The van der Waals surface area contributed by atoms with E-state index < -0.39 is 0 Å². The van der Waals surface area contributed by atoms with Crippen LogP contribution in [-0.2, 0) is 0 Å². The number of rotatable bonds is 14. The second kappa shape index (κ2) is 18.7. The number of allylic oxidation sites excluding steroid dienone is 18. The highest BCUT2D eigenvalue weighted by molar-refractivity contribution is 6.31. The summed E-state index contributed by atoms with van der Waals surface area (Å²) < 4.78 is 0. The number of hydrogen-bond donors (Lipinski definition) is 0. The van der Waals surface area contributed by atoms with E-state index in [0.29, 0.717) is 11.8 Å². The van der Waals surface area contributed by atoms with Crippen LogP contribution >= 0.6 is 11.6 Å². The molecular weight excluding hydrogens is 504 g/mol. The Kier molecular flexibility index (Phi) is 15.0. The molecule has 0 aromatic heterocycles. The lowest BCUT2D eigenvalue weighted by Crippen LogP contribution is -2.05. The molecular formula is C39H51Cl. The first-order valence-corrected chi connectivity index (χ1v) is 16.0. The van der Waals surface area contributed by atoms with Gasteiger partial charge < -0.3 is 0 Å². The third-order valence-corrected chi connectivity index (χ3v) is 8.65. The Balaban J connectivity index is 1.37. The van der Waals surface area contributed by atoms with E-state index in [2.05, 4.69) is 111 Å². The van der Waals surface area contributed by atoms with Crippen molar-refractivity contribution in [2.24, 2.45) is 23.7 Å². The summed E-state index contributed by atoms with van der Waals surface area (Å²) in [6.07, 6.45) is 48.0. The van der Waals surface area contributed by atoms with Gasteiger partial charge in [-0.1, -0.05) is 117 Å². The van der Waals surface area contributed by atoms with E-state index in [4.69, 9.17) is 11.6 Å². The van der Waals surface area contributed by atoms with E-state index >= 15 is 0 Å². The summed E-state index contributed by atoms with van der Waals surface area (Å²) in [6.45, 7) is 8.32. The maximum absolute atomic E-state index is 6.06. The van der Waals surface area contributed by atoms with Crippen molar-refractivity contribution in [3.63, 3.8) is 0 Å². The quantitative estimate of drug-likeness (QED) is 0.0866. The van der Waals surface area contributed by atoms with Crippen LogP contribution in [-0.4, -0.2) is 0 Å². The minimum Gasteiger partial charge on any atom is -0.117 e. The zero-order valence-corrected chi connectivity index (χ0v) is 25.8. The summed E-state index contributed by atoms with van der Waals surface area (Å²) in [5.41, 5.74) is 7.42. The standard InChI is InChI=1S/C39H51Cl/c1-4-12-33(15-7-6-14-32(3)30-38-26-28-39(40)29-27-38)16-8-9-17-35-19-11-21-37(25-23-35)31-36-20-10-18-34(13-5-2)22-24-36/h4-10,12,16,20,22,24,26,28-29,32,35,37-38H,2,11,13-15,17,19,21,23,25,27,30-31H2,1,3H3. The fourth-order valence-corrected chi connectivity index (χ4v) is 6.22. The first-order valence-electron chi connectivity index (χ1n) is 15.7. The first-order chi connectivity index (χ1) is 19.6. The molecule has 0 aromatic carbocycles. The van der Waals surface area contributed by atoms with Gasteiger partial charge in [0, 0.05) is 5.03 Å². The van der Waals surface area contributed by atoms with E-state index in [9.17, 15) is 0 Å². The molecule has 4 atom stereocenters. The molecule has 0 aliphatic heterocycles. The van der Waals surface area contributed by atoms with E-state index in [1.807, 2.05) is 6.08 Å². The molecule has 0 amide bonds. The Morgan fingerprint density at radius 3 is 2.75 bits per heavy atom. The highest BCUT2D eigenvalue weighted by atomic mass is 35.5. The molecule has 3 rings (SSSR count). The molecule has 214 valence electrons. The summed E-state index contributed by atoms with van der Waals surface area (Å²) >= 11 is 6.06. The van der Waals surface area contributed by atoms with Crippen molar-refractivity contribution < 1.29 is 0 Å². The molecule has 0 aromatic rings. The van der Waals surface area contributed by atoms with Gasteiger partial charge in [-0.25, -0.2) is 0 Å². The molecule has 1 saturated carbocycles. The lowest BCUT2D eigenvalue weighted by molar-refractivity contribution is 0.432. The number of halogens is 1. The van der Waals surface area contributed by atoms with Crippen molar-refractivity contribution in [1.29, 1.82) is 0 Å². The van der Waals surface area contributed by atoms with Crippen molar-refractivity contribution >= 4 is 11.6 Å². The monoisotopic (exact) mass is 554 g/mol. The average Bonchev–Trinajstić information content (AvgIpc) is 3.31. The minimum absolute atomic E-state index is 0.635. The lowest BCUT2D eigenvalue weighted by atomic mass is 9.89. The van der Waals surface area contributed by atoms with Gasteiger partial charge in [0.2, 0.25) is 0 Å². The Labute approximate surface area is 250 Å². The lowest BCUT2D eigenvalue weighted by Gasteiger charge is -2.18. The molecule has 0 radical (unpaired) electrons. The van der Waals surface area contributed by atoms with Gasteiger partial charge in [-0.15, -0.1) is 12.3 Å². The van der Waals surface area contributed by atoms with Crippen LogP contribution in [0.4, 0.5) is 0 Å². The molecule has 0 saturated heterocycles. The Hall–Kier alpha value is -2.53. The predicted molar refractivity (Wildman–Crippen MR) is 178 cm³/mol.